The second kappa shape index (κ2) is 9.31. The SMILES string of the molecule is CCN(CC)S(=O)(=O)c1cc(NC(=O)/C=C/c2ccccc2C#N)ccc1C. The number of hydrogen-bond donors (Lipinski definition) is 1. The van der Waals surface area contributed by atoms with Gasteiger partial charge < -0.3 is 5.32 Å². The van der Waals surface area contributed by atoms with Crippen LogP contribution in [0.2, 0.25) is 0 Å². The van der Waals surface area contributed by atoms with Gasteiger partial charge in [0.1, 0.15) is 0 Å². The van der Waals surface area contributed by atoms with Gasteiger partial charge in [0, 0.05) is 24.9 Å². The maximum Gasteiger partial charge on any atom is 0.248 e. The van der Waals surface area contributed by atoms with Gasteiger partial charge in [0.25, 0.3) is 0 Å². The molecule has 6 nitrogen and oxygen atoms in total. The Kier molecular flexibility index (Phi) is 7.10. The van der Waals surface area contributed by atoms with Crippen molar-refractivity contribution in [1.29, 1.82) is 5.26 Å². The Morgan fingerprint density at radius 3 is 2.50 bits per heavy atom. The number of carbonyl (C=O) groups is 1. The molecule has 2 aromatic rings. The Morgan fingerprint density at radius 2 is 1.86 bits per heavy atom. The van der Waals surface area contributed by atoms with Gasteiger partial charge in [-0.05, 0) is 42.3 Å². The molecule has 0 aliphatic rings. The van der Waals surface area contributed by atoms with Gasteiger partial charge in [-0.2, -0.15) is 9.57 Å². The molecule has 0 saturated heterocycles. The van der Waals surface area contributed by atoms with Crippen LogP contribution in [0.15, 0.2) is 53.4 Å². The molecule has 0 spiro atoms. The average Bonchev–Trinajstić information content (AvgIpc) is 2.68. The first kappa shape index (κ1) is 21.4. The summed E-state index contributed by atoms with van der Waals surface area (Å²) >= 11 is 0. The summed E-state index contributed by atoms with van der Waals surface area (Å²) in [5, 5.41) is 11.8. The van der Waals surface area contributed by atoms with Gasteiger partial charge in [-0.1, -0.05) is 38.1 Å². The van der Waals surface area contributed by atoms with Gasteiger partial charge in [0.15, 0.2) is 0 Å². The highest BCUT2D eigenvalue weighted by molar-refractivity contribution is 7.89. The zero-order valence-electron chi connectivity index (χ0n) is 16.1. The van der Waals surface area contributed by atoms with Crippen LogP contribution in [-0.4, -0.2) is 31.7 Å². The lowest BCUT2D eigenvalue weighted by atomic mass is 10.1. The van der Waals surface area contributed by atoms with E-state index in [4.69, 9.17) is 5.26 Å². The van der Waals surface area contributed by atoms with Crippen molar-refractivity contribution in [1.82, 2.24) is 4.31 Å². The fourth-order valence-corrected chi connectivity index (χ4v) is 4.46. The minimum Gasteiger partial charge on any atom is -0.322 e. The van der Waals surface area contributed by atoms with E-state index in [-0.39, 0.29) is 4.90 Å². The van der Waals surface area contributed by atoms with Crippen molar-refractivity contribution in [2.75, 3.05) is 18.4 Å². The molecule has 146 valence electrons. The Bertz CT molecular complexity index is 1030. The van der Waals surface area contributed by atoms with Crippen LogP contribution in [0.25, 0.3) is 6.08 Å². The third-order valence-electron chi connectivity index (χ3n) is 4.27. The molecule has 28 heavy (non-hydrogen) atoms. The number of nitrogens with zero attached hydrogens (tertiary/aromatic N) is 2. The predicted octanol–water partition coefficient (Wildman–Crippen LogP) is 3.55. The monoisotopic (exact) mass is 397 g/mol. The molecular weight excluding hydrogens is 374 g/mol. The number of carbonyl (C=O) groups excluding carboxylic acids is 1. The van der Waals surface area contributed by atoms with E-state index in [2.05, 4.69) is 11.4 Å². The van der Waals surface area contributed by atoms with Gasteiger partial charge in [0.2, 0.25) is 15.9 Å². The van der Waals surface area contributed by atoms with E-state index in [0.29, 0.717) is 35.5 Å². The van der Waals surface area contributed by atoms with E-state index in [0.717, 1.165) is 0 Å². The third-order valence-corrected chi connectivity index (χ3v) is 6.47. The fraction of sp³-hybridized carbons (Fsp3) is 0.238. The van der Waals surface area contributed by atoms with E-state index >= 15 is 0 Å². The summed E-state index contributed by atoms with van der Waals surface area (Å²) in [4.78, 5) is 12.4. The van der Waals surface area contributed by atoms with Crippen LogP contribution >= 0.6 is 0 Å². The van der Waals surface area contributed by atoms with Gasteiger partial charge >= 0.3 is 0 Å². The first-order valence-electron chi connectivity index (χ1n) is 8.92. The number of nitriles is 1. The molecule has 2 rings (SSSR count). The Morgan fingerprint density at radius 1 is 1.18 bits per heavy atom. The van der Waals surface area contributed by atoms with E-state index in [9.17, 15) is 13.2 Å². The number of sulfonamides is 1. The molecule has 1 N–H and O–H groups in total. The molecule has 0 aromatic heterocycles. The highest BCUT2D eigenvalue weighted by atomic mass is 32.2. The number of amides is 1. The second-order valence-corrected chi connectivity index (χ2v) is 8.00. The highest BCUT2D eigenvalue weighted by Crippen LogP contribution is 2.23. The number of rotatable bonds is 7. The van der Waals surface area contributed by atoms with Gasteiger partial charge in [-0.15, -0.1) is 0 Å². The minimum atomic E-state index is -3.63. The van der Waals surface area contributed by atoms with Crippen LogP contribution in [0.1, 0.15) is 30.5 Å². The van der Waals surface area contributed by atoms with Crippen LogP contribution in [0.5, 0.6) is 0 Å². The number of aryl methyl sites for hydroxylation is 1. The van der Waals surface area contributed by atoms with Crippen LogP contribution in [0.4, 0.5) is 5.69 Å². The number of benzene rings is 2. The second-order valence-electron chi connectivity index (χ2n) is 6.09. The maximum absolute atomic E-state index is 12.8. The van der Waals surface area contributed by atoms with Crippen molar-refractivity contribution in [3.63, 3.8) is 0 Å². The molecule has 0 radical (unpaired) electrons. The maximum atomic E-state index is 12.8. The standard InChI is InChI=1S/C21H23N3O3S/c1-4-24(5-2)28(26,27)20-14-19(12-10-16(20)3)23-21(25)13-11-17-8-6-7-9-18(17)15-22/h6-14H,4-5H2,1-3H3,(H,23,25)/b13-11+. The largest absolute Gasteiger partial charge is 0.322 e. The van der Waals surface area contributed by atoms with Gasteiger partial charge in [-0.25, -0.2) is 8.42 Å². The van der Waals surface area contributed by atoms with Crippen molar-refractivity contribution in [2.45, 2.75) is 25.7 Å². The molecule has 2 aromatic carbocycles. The number of hydrogen-bond acceptors (Lipinski definition) is 4. The van der Waals surface area contributed by atoms with Crippen molar-refractivity contribution in [2.24, 2.45) is 0 Å². The van der Waals surface area contributed by atoms with E-state index < -0.39 is 15.9 Å². The summed E-state index contributed by atoms with van der Waals surface area (Å²) in [6.45, 7) is 6.03. The Balaban J connectivity index is 2.25. The van der Waals surface area contributed by atoms with Crippen LogP contribution in [-0.2, 0) is 14.8 Å². The lowest BCUT2D eigenvalue weighted by molar-refractivity contribution is -0.111. The van der Waals surface area contributed by atoms with E-state index in [1.165, 1.54) is 16.4 Å². The first-order valence-corrected chi connectivity index (χ1v) is 10.4. The molecule has 0 atom stereocenters. The molecule has 0 aliphatic heterocycles. The molecule has 7 heteroatoms. The molecule has 1 amide bonds. The first-order chi connectivity index (χ1) is 13.3. The summed E-state index contributed by atoms with van der Waals surface area (Å²) in [5.41, 5.74) is 2.10. The van der Waals surface area contributed by atoms with Crippen LogP contribution in [0, 0.1) is 18.3 Å². The van der Waals surface area contributed by atoms with Crippen molar-refractivity contribution < 1.29 is 13.2 Å². The van der Waals surface area contributed by atoms with Gasteiger partial charge in [-0.3, -0.25) is 4.79 Å². The number of anilines is 1. The Labute approximate surface area is 166 Å². The summed E-state index contributed by atoms with van der Waals surface area (Å²) in [5.74, 6) is -0.414. The molecule has 0 saturated carbocycles. The molecule has 0 fully saturated rings. The minimum absolute atomic E-state index is 0.174. The van der Waals surface area contributed by atoms with Crippen molar-refractivity contribution in [3.05, 3.63) is 65.2 Å². The summed E-state index contributed by atoms with van der Waals surface area (Å²) in [6.07, 6.45) is 2.87. The lowest BCUT2D eigenvalue weighted by Crippen LogP contribution is -2.31. The molecule has 0 unspecified atom stereocenters. The third kappa shape index (κ3) is 4.85. The molecule has 0 heterocycles. The zero-order chi connectivity index (χ0) is 20.7. The number of nitrogens with one attached hydrogen (secondary N) is 1. The molecular formula is C21H23N3O3S. The zero-order valence-corrected chi connectivity index (χ0v) is 17.0. The molecule has 0 bridgehead atoms. The smallest absolute Gasteiger partial charge is 0.248 e. The summed E-state index contributed by atoms with van der Waals surface area (Å²) < 4.78 is 27.0. The average molecular weight is 398 g/mol. The quantitative estimate of drug-likeness (QED) is 0.724. The summed E-state index contributed by atoms with van der Waals surface area (Å²) in [6, 6.07) is 13.8. The van der Waals surface area contributed by atoms with Crippen LogP contribution in [0.3, 0.4) is 0 Å². The van der Waals surface area contributed by atoms with Crippen molar-refractivity contribution in [3.8, 4) is 6.07 Å². The van der Waals surface area contributed by atoms with E-state index in [1.54, 1.807) is 63.2 Å². The normalized spacial score (nSPS) is 11.5. The van der Waals surface area contributed by atoms with E-state index in [1.807, 2.05) is 0 Å². The lowest BCUT2D eigenvalue weighted by Gasteiger charge is -2.20. The van der Waals surface area contributed by atoms with Gasteiger partial charge in [0.05, 0.1) is 16.5 Å². The Hall–Kier alpha value is -2.95. The summed E-state index contributed by atoms with van der Waals surface area (Å²) in [7, 11) is -3.63. The van der Waals surface area contributed by atoms with Crippen molar-refractivity contribution >= 4 is 27.7 Å². The fourth-order valence-electron chi connectivity index (χ4n) is 2.75. The topological polar surface area (TPSA) is 90.3 Å². The van der Waals surface area contributed by atoms with Crippen LogP contribution < -0.4 is 5.32 Å². The highest BCUT2D eigenvalue weighted by Gasteiger charge is 2.23. The molecule has 0 aliphatic carbocycles. The predicted molar refractivity (Wildman–Crippen MR) is 110 cm³/mol.